The van der Waals surface area contributed by atoms with E-state index in [1.165, 1.54) is 30.6 Å². The fourth-order valence-corrected chi connectivity index (χ4v) is 2.96. The number of rotatable bonds is 6. The fourth-order valence-electron chi connectivity index (χ4n) is 2.96. The standard InChI is InChI=1S/C21H20F3N3O2/c1-13-7-14(2)9-16(8-13)19(28)11-25-20-10-18(26-12-27-20)15-3-5-17(6-4-15)29-21(22,23)24/h3-10,12,19,28H,11H2,1-2H3,(H,25,26,27). The van der Waals surface area contributed by atoms with Crippen LogP contribution in [0.5, 0.6) is 5.75 Å². The van der Waals surface area contributed by atoms with Gasteiger partial charge in [-0.3, -0.25) is 0 Å². The highest BCUT2D eigenvalue weighted by atomic mass is 19.4. The van der Waals surface area contributed by atoms with Crippen molar-refractivity contribution in [2.24, 2.45) is 0 Å². The summed E-state index contributed by atoms with van der Waals surface area (Å²) in [5.41, 5.74) is 4.09. The number of ether oxygens (including phenoxy) is 1. The number of halogens is 3. The van der Waals surface area contributed by atoms with Gasteiger partial charge in [0.05, 0.1) is 11.8 Å². The zero-order valence-electron chi connectivity index (χ0n) is 15.9. The van der Waals surface area contributed by atoms with Crippen molar-refractivity contribution in [2.75, 3.05) is 11.9 Å². The number of aryl methyl sites for hydroxylation is 2. The van der Waals surface area contributed by atoms with E-state index < -0.39 is 12.5 Å². The van der Waals surface area contributed by atoms with Gasteiger partial charge in [0.1, 0.15) is 17.9 Å². The smallest absolute Gasteiger partial charge is 0.406 e. The molecule has 0 aliphatic rings. The van der Waals surface area contributed by atoms with E-state index >= 15 is 0 Å². The maximum atomic E-state index is 12.3. The van der Waals surface area contributed by atoms with Crippen LogP contribution in [0.25, 0.3) is 11.3 Å². The predicted octanol–water partition coefficient (Wildman–Crippen LogP) is 4.80. The van der Waals surface area contributed by atoms with E-state index in [0.29, 0.717) is 17.1 Å². The highest BCUT2D eigenvalue weighted by molar-refractivity contribution is 5.62. The van der Waals surface area contributed by atoms with E-state index in [-0.39, 0.29) is 12.3 Å². The van der Waals surface area contributed by atoms with Crippen LogP contribution in [0.3, 0.4) is 0 Å². The van der Waals surface area contributed by atoms with E-state index in [1.54, 1.807) is 6.07 Å². The number of aliphatic hydroxyl groups is 1. The van der Waals surface area contributed by atoms with Crippen LogP contribution >= 0.6 is 0 Å². The number of benzene rings is 2. The average Bonchev–Trinajstić information content (AvgIpc) is 2.65. The number of hydrogen-bond donors (Lipinski definition) is 2. The molecule has 0 radical (unpaired) electrons. The van der Waals surface area contributed by atoms with Gasteiger partial charge in [0.15, 0.2) is 0 Å². The number of hydrogen-bond acceptors (Lipinski definition) is 5. The molecule has 0 aliphatic carbocycles. The minimum absolute atomic E-state index is 0.248. The molecule has 1 heterocycles. The van der Waals surface area contributed by atoms with Crippen LogP contribution in [0, 0.1) is 13.8 Å². The van der Waals surface area contributed by atoms with Crippen LogP contribution in [0.1, 0.15) is 22.8 Å². The molecule has 2 N–H and O–H groups in total. The molecule has 0 saturated heterocycles. The molecule has 0 aliphatic heterocycles. The summed E-state index contributed by atoms with van der Waals surface area (Å²) >= 11 is 0. The molecule has 29 heavy (non-hydrogen) atoms. The van der Waals surface area contributed by atoms with Crippen molar-refractivity contribution in [1.82, 2.24) is 9.97 Å². The molecule has 0 fully saturated rings. The highest BCUT2D eigenvalue weighted by Gasteiger charge is 2.30. The highest BCUT2D eigenvalue weighted by Crippen LogP contribution is 2.26. The molecule has 1 atom stereocenters. The average molecular weight is 403 g/mol. The molecule has 8 heteroatoms. The SMILES string of the molecule is Cc1cc(C)cc(C(O)CNc2cc(-c3ccc(OC(F)(F)F)cc3)ncn2)c1. The van der Waals surface area contributed by atoms with Gasteiger partial charge in [-0.25, -0.2) is 9.97 Å². The number of alkyl halides is 3. The van der Waals surface area contributed by atoms with Gasteiger partial charge in [-0.2, -0.15) is 0 Å². The Labute approximate surface area is 166 Å². The maximum Gasteiger partial charge on any atom is 0.573 e. The molecular weight excluding hydrogens is 383 g/mol. The molecule has 3 rings (SSSR count). The lowest BCUT2D eigenvalue weighted by Gasteiger charge is -2.14. The van der Waals surface area contributed by atoms with Crippen molar-refractivity contribution in [3.8, 4) is 17.0 Å². The Morgan fingerprint density at radius 3 is 2.28 bits per heavy atom. The maximum absolute atomic E-state index is 12.3. The number of nitrogens with one attached hydrogen (secondary N) is 1. The molecule has 152 valence electrons. The lowest BCUT2D eigenvalue weighted by Crippen LogP contribution is -2.16. The summed E-state index contributed by atoms with van der Waals surface area (Å²) in [6, 6.07) is 13.0. The first-order valence-electron chi connectivity index (χ1n) is 8.88. The molecular formula is C21H20F3N3O2. The summed E-state index contributed by atoms with van der Waals surface area (Å²) in [6.45, 7) is 4.19. The molecule has 2 aromatic carbocycles. The second-order valence-electron chi connectivity index (χ2n) is 6.68. The van der Waals surface area contributed by atoms with Crippen molar-refractivity contribution >= 4 is 5.82 Å². The quantitative estimate of drug-likeness (QED) is 0.619. The molecule has 0 spiro atoms. The summed E-state index contributed by atoms with van der Waals surface area (Å²) in [7, 11) is 0. The van der Waals surface area contributed by atoms with Crippen LogP contribution in [-0.4, -0.2) is 28.0 Å². The fraction of sp³-hybridized carbons (Fsp3) is 0.238. The number of anilines is 1. The molecule has 0 amide bonds. The summed E-state index contributed by atoms with van der Waals surface area (Å²) < 4.78 is 40.7. The first-order chi connectivity index (χ1) is 13.7. The van der Waals surface area contributed by atoms with Crippen molar-refractivity contribution in [3.05, 3.63) is 71.5 Å². The minimum Gasteiger partial charge on any atom is -0.406 e. The summed E-state index contributed by atoms with van der Waals surface area (Å²) in [5.74, 6) is 0.194. The van der Waals surface area contributed by atoms with Crippen molar-refractivity contribution in [1.29, 1.82) is 0 Å². The van der Waals surface area contributed by atoms with E-state index in [1.807, 2.05) is 32.0 Å². The summed E-state index contributed by atoms with van der Waals surface area (Å²) in [4.78, 5) is 8.27. The zero-order valence-corrected chi connectivity index (χ0v) is 15.9. The Morgan fingerprint density at radius 2 is 1.66 bits per heavy atom. The van der Waals surface area contributed by atoms with Crippen molar-refractivity contribution in [3.63, 3.8) is 0 Å². The zero-order chi connectivity index (χ0) is 21.0. The molecule has 1 unspecified atom stereocenters. The van der Waals surface area contributed by atoms with Gasteiger partial charge < -0.3 is 15.2 Å². The molecule has 3 aromatic rings. The van der Waals surface area contributed by atoms with Gasteiger partial charge in [0.25, 0.3) is 0 Å². The van der Waals surface area contributed by atoms with Crippen LogP contribution in [-0.2, 0) is 0 Å². The second-order valence-corrected chi connectivity index (χ2v) is 6.68. The third-order valence-corrected chi connectivity index (χ3v) is 4.16. The first kappa shape index (κ1) is 20.6. The van der Waals surface area contributed by atoms with Crippen LogP contribution < -0.4 is 10.1 Å². The Hall–Kier alpha value is -3.13. The Kier molecular flexibility index (Phi) is 6.03. The van der Waals surface area contributed by atoms with Gasteiger partial charge >= 0.3 is 6.36 Å². The third-order valence-electron chi connectivity index (χ3n) is 4.16. The molecule has 0 bridgehead atoms. The second kappa shape index (κ2) is 8.48. The van der Waals surface area contributed by atoms with Crippen molar-refractivity contribution in [2.45, 2.75) is 26.3 Å². The predicted molar refractivity (Wildman–Crippen MR) is 104 cm³/mol. The van der Waals surface area contributed by atoms with Crippen LogP contribution in [0.15, 0.2) is 54.9 Å². The lowest BCUT2D eigenvalue weighted by atomic mass is 10.0. The molecule has 1 aromatic heterocycles. The summed E-state index contributed by atoms with van der Waals surface area (Å²) in [6.07, 6.45) is -4.10. The first-order valence-corrected chi connectivity index (χ1v) is 8.88. The number of aromatic nitrogens is 2. The topological polar surface area (TPSA) is 67.3 Å². The summed E-state index contributed by atoms with van der Waals surface area (Å²) in [5, 5.41) is 13.5. The van der Waals surface area contributed by atoms with Crippen molar-refractivity contribution < 1.29 is 23.0 Å². The number of nitrogens with zero attached hydrogens (tertiary/aromatic N) is 2. The minimum atomic E-state index is -4.73. The van der Waals surface area contributed by atoms with Gasteiger partial charge in [-0.05, 0) is 43.7 Å². The lowest BCUT2D eigenvalue weighted by molar-refractivity contribution is -0.274. The Morgan fingerprint density at radius 1 is 1.00 bits per heavy atom. The molecule has 5 nitrogen and oxygen atoms in total. The Balaban J connectivity index is 1.68. The van der Waals surface area contributed by atoms with Gasteiger partial charge in [-0.1, -0.05) is 29.3 Å². The van der Waals surface area contributed by atoms with Gasteiger partial charge in [0, 0.05) is 18.2 Å². The van der Waals surface area contributed by atoms with Crippen LogP contribution in [0.4, 0.5) is 19.0 Å². The Bertz CT molecular complexity index is 955. The third kappa shape index (κ3) is 5.92. The van der Waals surface area contributed by atoms with E-state index in [9.17, 15) is 18.3 Å². The van der Waals surface area contributed by atoms with Crippen LogP contribution in [0.2, 0.25) is 0 Å². The monoisotopic (exact) mass is 403 g/mol. The van der Waals surface area contributed by atoms with E-state index in [0.717, 1.165) is 16.7 Å². The largest absolute Gasteiger partial charge is 0.573 e. The molecule has 0 saturated carbocycles. The van der Waals surface area contributed by atoms with Gasteiger partial charge in [0.2, 0.25) is 0 Å². The van der Waals surface area contributed by atoms with Gasteiger partial charge in [-0.15, -0.1) is 13.2 Å². The number of aliphatic hydroxyl groups excluding tert-OH is 1. The van der Waals surface area contributed by atoms with E-state index in [2.05, 4.69) is 20.0 Å². The normalized spacial score (nSPS) is 12.5. The van der Waals surface area contributed by atoms with E-state index in [4.69, 9.17) is 0 Å².